The summed E-state index contributed by atoms with van der Waals surface area (Å²) in [7, 11) is 0. The highest BCUT2D eigenvalue weighted by Crippen LogP contribution is 2.28. The van der Waals surface area contributed by atoms with Crippen LogP contribution in [0.4, 0.5) is 0 Å². The Morgan fingerprint density at radius 1 is 0.938 bits per heavy atom. The maximum atomic E-state index is 12.5. The molecule has 162 valence electrons. The van der Waals surface area contributed by atoms with Gasteiger partial charge in [0, 0.05) is 28.3 Å². The molecule has 1 aromatic heterocycles. The highest BCUT2D eigenvalue weighted by molar-refractivity contribution is 7.98. The van der Waals surface area contributed by atoms with E-state index < -0.39 is 0 Å². The van der Waals surface area contributed by atoms with Crippen molar-refractivity contribution in [1.29, 1.82) is 0 Å². The van der Waals surface area contributed by atoms with E-state index in [0.29, 0.717) is 18.0 Å². The van der Waals surface area contributed by atoms with Crippen LogP contribution in [-0.4, -0.2) is 10.9 Å². The minimum atomic E-state index is -0.0985. The van der Waals surface area contributed by atoms with Crippen LogP contribution >= 0.6 is 11.8 Å². The zero-order valence-corrected chi connectivity index (χ0v) is 19.3. The molecule has 0 unspecified atom stereocenters. The second kappa shape index (κ2) is 9.88. The molecule has 0 aliphatic rings. The number of aromatic nitrogens is 1. The second-order valence-corrected chi connectivity index (χ2v) is 8.86. The minimum Gasteiger partial charge on any atom is -0.441 e. The topological polar surface area (TPSA) is 55.1 Å². The summed E-state index contributed by atoms with van der Waals surface area (Å²) in [5.74, 6) is 2.05. The number of thioether (sulfide) groups is 1. The number of hydrogen-bond acceptors (Lipinski definition) is 4. The third kappa shape index (κ3) is 5.29. The van der Waals surface area contributed by atoms with Gasteiger partial charge in [-0.25, -0.2) is 4.98 Å². The summed E-state index contributed by atoms with van der Waals surface area (Å²) in [5.41, 5.74) is 5.94. The normalized spacial score (nSPS) is 10.8. The summed E-state index contributed by atoms with van der Waals surface area (Å²) < 4.78 is 5.90. The molecule has 5 heteroatoms. The van der Waals surface area contributed by atoms with Crippen molar-refractivity contribution in [3.8, 4) is 11.5 Å². The van der Waals surface area contributed by atoms with Crippen LogP contribution < -0.4 is 5.32 Å². The zero-order valence-electron chi connectivity index (χ0n) is 18.5. The maximum absolute atomic E-state index is 12.5. The van der Waals surface area contributed by atoms with Crippen molar-refractivity contribution >= 4 is 17.7 Å². The van der Waals surface area contributed by atoms with Gasteiger partial charge in [-0.1, -0.05) is 42.0 Å². The molecule has 0 fully saturated rings. The van der Waals surface area contributed by atoms with Crippen LogP contribution in [0.1, 0.15) is 38.5 Å². The lowest BCUT2D eigenvalue weighted by atomic mass is 10.1. The first-order chi connectivity index (χ1) is 15.5. The van der Waals surface area contributed by atoms with Crippen molar-refractivity contribution in [2.75, 3.05) is 0 Å². The molecule has 4 aromatic rings. The molecule has 0 aliphatic heterocycles. The van der Waals surface area contributed by atoms with Crippen LogP contribution in [0.3, 0.4) is 0 Å². The summed E-state index contributed by atoms with van der Waals surface area (Å²) in [6, 6.07) is 23.9. The predicted octanol–water partition coefficient (Wildman–Crippen LogP) is 6.49. The molecule has 0 spiro atoms. The van der Waals surface area contributed by atoms with Gasteiger partial charge < -0.3 is 9.73 Å². The van der Waals surface area contributed by atoms with E-state index in [1.54, 1.807) is 11.8 Å². The van der Waals surface area contributed by atoms with E-state index in [1.807, 2.05) is 62.4 Å². The first-order valence-corrected chi connectivity index (χ1v) is 11.6. The molecule has 32 heavy (non-hydrogen) atoms. The second-order valence-electron chi connectivity index (χ2n) is 7.81. The molecule has 0 aliphatic carbocycles. The molecule has 0 radical (unpaired) electrons. The van der Waals surface area contributed by atoms with E-state index in [1.165, 1.54) is 16.0 Å². The van der Waals surface area contributed by atoms with E-state index in [0.717, 1.165) is 28.3 Å². The largest absolute Gasteiger partial charge is 0.441 e. The Labute approximate surface area is 193 Å². The lowest BCUT2D eigenvalue weighted by molar-refractivity contribution is 0.0951. The van der Waals surface area contributed by atoms with Crippen LogP contribution in [0.25, 0.3) is 11.5 Å². The number of carbonyl (C=O) groups excluding carboxylic acids is 1. The Balaban J connectivity index is 1.39. The Hall–Kier alpha value is -3.31. The molecule has 4 rings (SSSR count). The number of nitrogens with one attached hydrogen (secondary N) is 1. The van der Waals surface area contributed by atoms with Crippen molar-refractivity contribution in [1.82, 2.24) is 10.3 Å². The molecule has 0 saturated carbocycles. The van der Waals surface area contributed by atoms with Gasteiger partial charge in [-0.15, -0.1) is 11.8 Å². The summed E-state index contributed by atoms with van der Waals surface area (Å²) in [5, 5.41) is 2.98. The number of nitrogens with zero attached hydrogens (tertiary/aromatic N) is 1. The maximum Gasteiger partial charge on any atom is 0.251 e. The number of carbonyl (C=O) groups is 1. The number of rotatable bonds is 7. The van der Waals surface area contributed by atoms with Crippen molar-refractivity contribution in [2.45, 2.75) is 38.0 Å². The quantitative estimate of drug-likeness (QED) is 0.332. The smallest absolute Gasteiger partial charge is 0.251 e. The lowest BCUT2D eigenvalue weighted by Crippen LogP contribution is -2.23. The fraction of sp³-hybridized carbons (Fsp3) is 0.185. The number of hydrogen-bond donors (Lipinski definition) is 1. The van der Waals surface area contributed by atoms with E-state index in [4.69, 9.17) is 4.42 Å². The molecule has 1 amide bonds. The molecule has 0 saturated heterocycles. The van der Waals surface area contributed by atoms with Gasteiger partial charge in [0.2, 0.25) is 5.89 Å². The van der Waals surface area contributed by atoms with Crippen LogP contribution in [-0.2, 0) is 12.3 Å². The van der Waals surface area contributed by atoms with Crippen molar-refractivity contribution in [2.24, 2.45) is 0 Å². The highest BCUT2D eigenvalue weighted by Gasteiger charge is 2.13. The Morgan fingerprint density at radius 2 is 1.66 bits per heavy atom. The van der Waals surface area contributed by atoms with Gasteiger partial charge in [-0.05, 0) is 68.3 Å². The van der Waals surface area contributed by atoms with Crippen LogP contribution in [0.15, 0.2) is 82.1 Å². The van der Waals surface area contributed by atoms with Gasteiger partial charge in [-0.2, -0.15) is 0 Å². The van der Waals surface area contributed by atoms with Crippen molar-refractivity contribution in [3.63, 3.8) is 0 Å². The lowest BCUT2D eigenvalue weighted by Gasteiger charge is -2.08. The summed E-state index contributed by atoms with van der Waals surface area (Å²) >= 11 is 1.74. The van der Waals surface area contributed by atoms with Gasteiger partial charge in [0.25, 0.3) is 5.91 Å². The molecular formula is C27H26N2O2S. The van der Waals surface area contributed by atoms with E-state index in [-0.39, 0.29) is 5.91 Å². The van der Waals surface area contributed by atoms with E-state index in [9.17, 15) is 4.79 Å². The zero-order chi connectivity index (χ0) is 22.5. The third-order valence-corrected chi connectivity index (χ3v) is 6.41. The highest BCUT2D eigenvalue weighted by atomic mass is 32.2. The van der Waals surface area contributed by atoms with Gasteiger partial charge >= 0.3 is 0 Å². The van der Waals surface area contributed by atoms with Gasteiger partial charge in [0.1, 0.15) is 5.76 Å². The van der Waals surface area contributed by atoms with Crippen molar-refractivity contribution < 1.29 is 9.21 Å². The van der Waals surface area contributed by atoms with Gasteiger partial charge in [0.15, 0.2) is 0 Å². The average molecular weight is 443 g/mol. The molecule has 3 aromatic carbocycles. The van der Waals surface area contributed by atoms with Gasteiger partial charge in [0.05, 0.1) is 5.69 Å². The Bertz CT molecular complexity index is 1210. The molecule has 1 heterocycles. The molecule has 1 N–H and O–H groups in total. The third-order valence-electron chi connectivity index (χ3n) is 5.38. The fourth-order valence-corrected chi connectivity index (χ4v) is 4.22. The number of oxazole rings is 1. The van der Waals surface area contributed by atoms with Crippen LogP contribution in [0.5, 0.6) is 0 Å². The number of aryl methyl sites for hydroxylation is 3. The first kappa shape index (κ1) is 21.9. The molecular weight excluding hydrogens is 416 g/mol. The van der Waals surface area contributed by atoms with Crippen LogP contribution in [0.2, 0.25) is 0 Å². The first-order valence-electron chi connectivity index (χ1n) is 10.6. The summed E-state index contributed by atoms with van der Waals surface area (Å²) in [4.78, 5) is 18.4. The van der Waals surface area contributed by atoms with E-state index >= 15 is 0 Å². The van der Waals surface area contributed by atoms with Gasteiger partial charge in [-0.3, -0.25) is 4.79 Å². The summed E-state index contributed by atoms with van der Waals surface area (Å²) in [6.07, 6.45) is 0. The standard InChI is InChI=1S/C27H26N2O2S/c1-18-8-14-24(15-9-18)32-17-25-20(3)31-27(29-25)22-12-10-21(11-13-22)26(30)28-16-23-7-5-4-6-19(23)2/h4-15H,16-17H2,1-3H3,(H,28,30). The molecule has 4 nitrogen and oxygen atoms in total. The van der Waals surface area contributed by atoms with Crippen LogP contribution in [0, 0.1) is 20.8 Å². The monoisotopic (exact) mass is 442 g/mol. The SMILES string of the molecule is Cc1ccc(SCc2nc(-c3ccc(C(=O)NCc4ccccc4C)cc3)oc2C)cc1. The summed E-state index contributed by atoms with van der Waals surface area (Å²) in [6.45, 7) is 6.58. The Morgan fingerprint density at radius 3 is 2.38 bits per heavy atom. The average Bonchev–Trinajstić information content (AvgIpc) is 3.18. The fourth-order valence-electron chi connectivity index (χ4n) is 3.32. The molecule has 0 bridgehead atoms. The molecule has 0 atom stereocenters. The van der Waals surface area contributed by atoms with Crippen molar-refractivity contribution in [3.05, 3.63) is 107 Å². The Kier molecular flexibility index (Phi) is 6.76. The number of amides is 1. The minimum absolute atomic E-state index is 0.0985. The number of benzene rings is 3. The van der Waals surface area contributed by atoms with E-state index in [2.05, 4.69) is 41.5 Å². The predicted molar refractivity (Wildman–Crippen MR) is 130 cm³/mol.